The van der Waals surface area contributed by atoms with Gasteiger partial charge in [-0.15, -0.1) is 0 Å². The van der Waals surface area contributed by atoms with Gasteiger partial charge in [0.1, 0.15) is 6.54 Å². The molecule has 0 spiro atoms. The largest absolute Gasteiger partial charge is 0.468 e. The fourth-order valence-electron chi connectivity index (χ4n) is 1.49. The molecule has 0 aliphatic carbocycles. The molecule has 0 aliphatic rings. The minimum atomic E-state index is -0.398. The third-order valence-electron chi connectivity index (χ3n) is 2.39. The van der Waals surface area contributed by atoms with E-state index < -0.39 is 5.97 Å². The van der Waals surface area contributed by atoms with Crippen molar-refractivity contribution in [3.05, 3.63) is 28.8 Å². The number of pyridine rings is 1. The highest BCUT2D eigenvalue weighted by Crippen LogP contribution is 2.08. The van der Waals surface area contributed by atoms with Crippen molar-refractivity contribution >= 4 is 16.9 Å². The fraction of sp³-hybridized carbons (Fsp3) is 0.300. The number of esters is 1. The Morgan fingerprint density at radius 3 is 3.00 bits per heavy atom. The van der Waals surface area contributed by atoms with Crippen LogP contribution in [-0.2, 0) is 23.1 Å². The first-order chi connectivity index (χ1) is 7.63. The highest BCUT2D eigenvalue weighted by Gasteiger charge is 2.09. The van der Waals surface area contributed by atoms with Crippen LogP contribution in [0.5, 0.6) is 0 Å². The van der Waals surface area contributed by atoms with Crippen LogP contribution in [0.1, 0.15) is 0 Å². The summed E-state index contributed by atoms with van der Waals surface area (Å²) in [4.78, 5) is 22.8. The molecule has 16 heavy (non-hydrogen) atoms. The summed E-state index contributed by atoms with van der Waals surface area (Å²) in [6.45, 7) is 0.00711. The Morgan fingerprint density at radius 1 is 1.56 bits per heavy atom. The molecule has 0 saturated carbocycles. The van der Waals surface area contributed by atoms with E-state index in [0.717, 1.165) is 0 Å². The number of hydrogen-bond acceptors (Lipinski definition) is 4. The number of aryl methyl sites for hydroxylation is 1. The molecule has 2 aromatic heterocycles. The lowest BCUT2D eigenvalue weighted by molar-refractivity contribution is -0.141. The molecule has 0 amide bonds. The monoisotopic (exact) mass is 221 g/mol. The lowest BCUT2D eigenvalue weighted by Crippen LogP contribution is -2.16. The molecule has 0 fully saturated rings. The standard InChI is InChI=1S/C10H11N3O3/c1-12-4-3-8-7(10(12)15)5-11-13(8)6-9(14)16-2/h3-5H,6H2,1-2H3. The lowest BCUT2D eigenvalue weighted by Gasteiger charge is -2.02. The number of methoxy groups -OCH3 is 1. The quantitative estimate of drug-likeness (QED) is 0.665. The molecule has 0 atom stereocenters. The summed E-state index contributed by atoms with van der Waals surface area (Å²) in [5, 5.41) is 4.48. The van der Waals surface area contributed by atoms with Crippen LogP contribution in [0, 0.1) is 0 Å². The maximum Gasteiger partial charge on any atom is 0.327 e. The van der Waals surface area contributed by atoms with E-state index in [0.29, 0.717) is 10.9 Å². The van der Waals surface area contributed by atoms with Crippen LogP contribution in [0.3, 0.4) is 0 Å². The minimum Gasteiger partial charge on any atom is -0.468 e. The molecule has 2 aromatic rings. The SMILES string of the molecule is COC(=O)Cn1ncc2c(=O)n(C)ccc21. The molecule has 0 aliphatic heterocycles. The molecule has 0 saturated heterocycles. The van der Waals surface area contributed by atoms with Gasteiger partial charge in [-0.1, -0.05) is 0 Å². The van der Waals surface area contributed by atoms with E-state index in [4.69, 9.17) is 0 Å². The molecular formula is C10H11N3O3. The Balaban J connectivity index is 2.54. The number of carbonyl (C=O) groups is 1. The highest BCUT2D eigenvalue weighted by atomic mass is 16.5. The predicted octanol–water partition coefficient (Wildman–Crippen LogP) is -0.0920. The zero-order chi connectivity index (χ0) is 11.7. The van der Waals surface area contributed by atoms with Gasteiger partial charge in [0.15, 0.2) is 0 Å². The summed E-state index contributed by atoms with van der Waals surface area (Å²) in [6.07, 6.45) is 3.10. The molecule has 0 unspecified atom stereocenters. The number of nitrogens with zero attached hydrogens (tertiary/aromatic N) is 3. The van der Waals surface area contributed by atoms with Gasteiger partial charge < -0.3 is 9.30 Å². The first-order valence-electron chi connectivity index (χ1n) is 4.71. The van der Waals surface area contributed by atoms with Crippen molar-refractivity contribution in [3.8, 4) is 0 Å². The van der Waals surface area contributed by atoms with Crippen molar-refractivity contribution in [2.75, 3.05) is 7.11 Å². The van der Waals surface area contributed by atoms with Crippen LogP contribution in [0.2, 0.25) is 0 Å². The maximum atomic E-state index is 11.7. The van der Waals surface area contributed by atoms with E-state index >= 15 is 0 Å². The van der Waals surface area contributed by atoms with Crippen LogP contribution >= 0.6 is 0 Å². The third-order valence-corrected chi connectivity index (χ3v) is 2.39. The number of carbonyl (C=O) groups excluding carboxylic acids is 1. The van der Waals surface area contributed by atoms with Gasteiger partial charge in [0.25, 0.3) is 5.56 Å². The molecule has 6 heteroatoms. The summed E-state index contributed by atoms with van der Waals surface area (Å²) >= 11 is 0. The zero-order valence-electron chi connectivity index (χ0n) is 9.01. The molecule has 0 aromatic carbocycles. The number of aromatic nitrogens is 3. The topological polar surface area (TPSA) is 66.1 Å². The predicted molar refractivity (Wildman–Crippen MR) is 57.0 cm³/mol. The minimum absolute atomic E-state index is 0.00711. The average Bonchev–Trinajstić information content (AvgIpc) is 2.67. The number of ether oxygens (including phenoxy) is 1. The first-order valence-corrected chi connectivity index (χ1v) is 4.71. The van der Waals surface area contributed by atoms with E-state index in [2.05, 4.69) is 9.84 Å². The van der Waals surface area contributed by atoms with Crippen molar-refractivity contribution in [2.24, 2.45) is 7.05 Å². The van der Waals surface area contributed by atoms with Gasteiger partial charge in [-0.2, -0.15) is 5.10 Å². The van der Waals surface area contributed by atoms with Gasteiger partial charge in [-0.3, -0.25) is 14.3 Å². The second kappa shape index (κ2) is 3.80. The summed E-state index contributed by atoms with van der Waals surface area (Å²) in [5.74, 6) is -0.398. The normalized spacial score (nSPS) is 10.6. The van der Waals surface area contributed by atoms with Crippen LogP contribution < -0.4 is 5.56 Å². The molecule has 0 N–H and O–H groups in total. The Hall–Kier alpha value is -2.11. The Bertz CT molecular complexity index is 597. The second-order valence-electron chi connectivity index (χ2n) is 3.41. The average molecular weight is 221 g/mol. The van der Waals surface area contributed by atoms with E-state index in [1.54, 1.807) is 19.3 Å². The molecule has 2 rings (SSSR count). The van der Waals surface area contributed by atoms with Crippen LogP contribution in [0.15, 0.2) is 23.3 Å². The van der Waals surface area contributed by atoms with Crippen molar-refractivity contribution < 1.29 is 9.53 Å². The van der Waals surface area contributed by atoms with Crippen LogP contribution in [-0.4, -0.2) is 27.4 Å². The van der Waals surface area contributed by atoms with Gasteiger partial charge in [-0.25, -0.2) is 0 Å². The molecule has 2 heterocycles. The van der Waals surface area contributed by atoms with Crippen LogP contribution in [0.25, 0.3) is 10.9 Å². The summed E-state index contributed by atoms with van der Waals surface area (Å²) in [5.41, 5.74) is 0.502. The van der Waals surface area contributed by atoms with Crippen molar-refractivity contribution in [1.82, 2.24) is 14.3 Å². The van der Waals surface area contributed by atoms with Gasteiger partial charge in [0, 0.05) is 13.2 Å². The van der Waals surface area contributed by atoms with Gasteiger partial charge in [0.2, 0.25) is 0 Å². The van der Waals surface area contributed by atoms with E-state index in [-0.39, 0.29) is 12.1 Å². The van der Waals surface area contributed by atoms with E-state index in [1.165, 1.54) is 22.6 Å². The molecular weight excluding hydrogens is 210 g/mol. The first kappa shape index (κ1) is 10.4. The highest BCUT2D eigenvalue weighted by molar-refractivity contribution is 5.79. The number of hydrogen-bond donors (Lipinski definition) is 0. The number of rotatable bonds is 2. The summed E-state index contributed by atoms with van der Waals surface area (Å²) < 4.78 is 7.46. The van der Waals surface area contributed by atoms with Crippen molar-refractivity contribution in [2.45, 2.75) is 6.54 Å². The van der Waals surface area contributed by atoms with Crippen molar-refractivity contribution in [1.29, 1.82) is 0 Å². The fourth-order valence-corrected chi connectivity index (χ4v) is 1.49. The Kier molecular flexibility index (Phi) is 2.47. The molecule has 0 bridgehead atoms. The Morgan fingerprint density at radius 2 is 2.31 bits per heavy atom. The van der Waals surface area contributed by atoms with Gasteiger partial charge in [0.05, 0.1) is 24.2 Å². The zero-order valence-corrected chi connectivity index (χ0v) is 9.01. The van der Waals surface area contributed by atoms with Crippen LogP contribution in [0.4, 0.5) is 0 Å². The molecule has 84 valence electrons. The molecule has 0 radical (unpaired) electrons. The summed E-state index contributed by atoms with van der Waals surface area (Å²) in [6, 6.07) is 1.74. The van der Waals surface area contributed by atoms with E-state index in [1.807, 2.05) is 0 Å². The smallest absolute Gasteiger partial charge is 0.327 e. The molecule has 6 nitrogen and oxygen atoms in total. The van der Waals surface area contributed by atoms with Gasteiger partial charge in [-0.05, 0) is 6.07 Å². The lowest BCUT2D eigenvalue weighted by atomic mass is 10.3. The third kappa shape index (κ3) is 1.58. The van der Waals surface area contributed by atoms with E-state index in [9.17, 15) is 9.59 Å². The number of fused-ring (bicyclic) bond motifs is 1. The maximum absolute atomic E-state index is 11.7. The van der Waals surface area contributed by atoms with Crippen molar-refractivity contribution in [3.63, 3.8) is 0 Å². The van der Waals surface area contributed by atoms with Gasteiger partial charge >= 0.3 is 5.97 Å². The summed E-state index contributed by atoms with van der Waals surface area (Å²) in [7, 11) is 2.98. The Labute approximate surface area is 91.0 Å². The second-order valence-corrected chi connectivity index (χ2v) is 3.41.